The number of ether oxygens (including phenoxy) is 1. The predicted octanol–water partition coefficient (Wildman–Crippen LogP) is 6.95. The Bertz CT molecular complexity index is 1310. The Balaban J connectivity index is 1.43. The summed E-state index contributed by atoms with van der Waals surface area (Å²) in [5, 5.41) is 17.0. The second-order valence-corrected chi connectivity index (χ2v) is 8.69. The number of fused-ring (bicyclic) bond motifs is 4. The molecule has 4 aromatic carbocycles. The summed E-state index contributed by atoms with van der Waals surface area (Å²) in [5.74, 6) is 1.85. The zero-order chi connectivity index (χ0) is 21.5. The molecular formula is C29H25NO2. The van der Waals surface area contributed by atoms with Crippen molar-refractivity contribution < 1.29 is 9.84 Å². The van der Waals surface area contributed by atoms with Crippen LogP contribution in [0.3, 0.4) is 0 Å². The number of aromatic hydroxyl groups is 1. The first-order valence-electron chi connectivity index (χ1n) is 11.2. The Kier molecular flexibility index (Phi) is 4.61. The molecule has 0 aromatic heterocycles. The van der Waals surface area contributed by atoms with Crippen LogP contribution in [-0.4, -0.2) is 5.11 Å². The Hall–Kier alpha value is -3.72. The SMILES string of the molecule is Oc1ccc2ccccc2c1C1Nc2c(OCc3ccccc3)cccc2C2C=CCC21. The number of phenols is 1. The number of benzene rings is 4. The Labute approximate surface area is 188 Å². The lowest BCUT2D eigenvalue weighted by atomic mass is 9.76. The van der Waals surface area contributed by atoms with Crippen LogP contribution >= 0.6 is 0 Å². The minimum absolute atomic E-state index is 0.00456. The van der Waals surface area contributed by atoms with Crippen LogP contribution in [-0.2, 0) is 6.61 Å². The standard InChI is InChI=1S/C29H25NO2/c31-25-17-16-20-10-4-5-11-21(20)27(25)29-24-13-6-12-22(24)23-14-7-15-26(28(23)30-29)32-18-19-8-2-1-3-9-19/h1-12,14-17,22,24,29-31H,13,18H2. The van der Waals surface area contributed by atoms with Crippen molar-refractivity contribution in [3.63, 3.8) is 0 Å². The highest BCUT2D eigenvalue weighted by Gasteiger charge is 2.40. The molecule has 3 heteroatoms. The molecule has 0 fully saturated rings. The van der Waals surface area contributed by atoms with Crippen LogP contribution in [0, 0.1) is 5.92 Å². The van der Waals surface area contributed by atoms with Gasteiger partial charge in [-0.15, -0.1) is 0 Å². The van der Waals surface area contributed by atoms with Crippen molar-refractivity contribution in [1.29, 1.82) is 0 Å². The molecule has 1 aliphatic carbocycles. The first kappa shape index (κ1) is 19.0. The molecule has 3 atom stereocenters. The fourth-order valence-electron chi connectivity index (χ4n) is 5.35. The van der Waals surface area contributed by atoms with Crippen LogP contribution in [0.4, 0.5) is 5.69 Å². The maximum absolute atomic E-state index is 11.0. The molecular weight excluding hydrogens is 394 g/mol. The average Bonchev–Trinajstić information content (AvgIpc) is 3.34. The third kappa shape index (κ3) is 3.13. The third-order valence-corrected chi connectivity index (χ3v) is 6.85. The molecule has 6 rings (SSSR count). The normalized spacial score (nSPS) is 21.1. The maximum Gasteiger partial charge on any atom is 0.143 e. The summed E-state index contributed by atoms with van der Waals surface area (Å²) in [5.41, 5.74) is 4.42. The molecule has 4 aromatic rings. The molecule has 0 bridgehead atoms. The van der Waals surface area contributed by atoms with Gasteiger partial charge in [-0.2, -0.15) is 0 Å². The molecule has 3 unspecified atom stereocenters. The van der Waals surface area contributed by atoms with Crippen LogP contribution in [0.5, 0.6) is 11.5 Å². The molecule has 2 N–H and O–H groups in total. The monoisotopic (exact) mass is 419 g/mol. The maximum atomic E-state index is 11.0. The van der Waals surface area contributed by atoms with Crippen molar-refractivity contribution in [3.8, 4) is 11.5 Å². The summed E-state index contributed by atoms with van der Waals surface area (Å²) >= 11 is 0. The van der Waals surface area contributed by atoms with E-state index in [-0.39, 0.29) is 6.04 Å². The Morgan fingerprint density at radius 1 is 0.875 bits per heavy atom. The number of hydrogen-bond donors (Lipinski definition) is 2. The van der Waals surface area contributed by atoms with Gasteiger partial charge in [0.15, 0.2) is 0 Å². The molecule has 2 aliphatic rings. The van der Waals surface area contributed by atoms with Crippen molar-refractivity contribution in [2.75, 3.05) is 5.32 Å². The van der Waals surface area contributed by atoms with E-state index in [4.69, 9.17) is 4.74 Å². The summed E-state index contributed by atoms with van der Waals surface area (Å²) in [6, 6.07) is 28.7. The van der Waals surface area contributed by atoms with E-state index < -0.39 is 0 Å². The molecule has 0 radical (unpaired) electrons. The highest BCUT2D eigenvalue weighted by Crippen LogP contribution is 2.54. The lowest BCUT2D eigenvalue weighted by molar-refractivity contribution is 0.304. The smallest absolute Gasteiger partial charge is 0.143 e. The topological polar surface area (TPSA) is 41.5 Å². The molecule has 3 nitrogen and oxygen atoms in total. The number of para-hydroxylation sites is 1. The second kappa shape index (κ2) is 7.76. The quantitative estimate of drug-likeness (QED) is 0.352. The lowest BCUT2D eigenvalue weighted by Gasteiger charge is -2.38. The number of nitrogens with one attached hydrogen (secondary N) is 1. The average molecular weight is 420 g/mol. The minimum Gasteiger partial charge on any atom is -0.508 e. The molecule has 0 spiro atoms. The first-order valence-corrected chi connectivity index (χ1v) is 11.2. The molecule has 0 saturated carbocycles. The number of allylic oxidation sites excluding steroid dienone is 2. The van der Waals surface area contributed by atoms with Crippen LogP contribution in [0.25, 0.3) is 10.8 Å². The lowest BCUT2D eigenvalue weighted by Crippen LogP contribution is -2.29. The van der Waals surface area contributed by atoms with Gasteiger partial charge < -0.3 is 15.2 Å². The van der Waals surface area contributed by atoms with Gasteiger partial charge >= 0.3 is 0 Å². The fourth-order valence-corrected chi connectivity index (χ4v) is 5.35. The van der Waals surface area contributed by atoms with Crippen molar-refractivity contribution in [2.24, 2.45) is 5.92 Å². The predicted molar refractivity (Wildman–Crippen MR) is 129 cm³/mol. The largest absolute Gasteiger partial charge is 0.508 e. The van der Waals surface area contributed by atoms with Crippen LogP contribution in [0.1, 0.15) is 35.1 Å². The van der Waals surface area contributed by atoms with Gasteiger partial charge in [-0.05, 0) is 46.4 Å². The van der Waals surface area contributed by atoms with Gasteiger partial charge in [0.05, 0.1) is 11.7 Å². The van der Waals surface area contributed by atoms with Crippen molar-refractivity contribution in [3.05, 3.63) is 114 Å². The van der Waals surface area contributed by atoms with E-state index in [1.165, 1.54) is 5.56 Å². The highest BCUT2D eigenvalue weighted by atomic mass is 16.5. The van der Waals surface area contributed by atoms with Gasteiger partial charge in [0, 0.05) is 11.5 Å². The molecule has 1 aliphatic heterocycles. The Morgan fingerprint density at radius 2 is 1.72 bits per heavy atom. The van der Waals surface area contributed by atoms with Crippen LogP contribution in [0.15, 0.2) is 97.1 Å². The third-order valence-electron chi connectivity index (χ3n) is 6.85. The van der Waals surface area contributed by atoms with Gasteiger partial charge in [0.1, 0.15) is 18.1 Å². The van der Waals surface area contributed by atoms with Crippen LogP contribution < -0.4 is 10.1 Å². The van der Waals surface area contributed by atoms with Gasteiger partial charge in [0.25, 0.3) is 0 Å². The van der Waals surface area contributed by atoms with Gasteiger partial charge in [-0.3, -0.25) is 0 Å². The number of hydrogen-bond acceptors (Lipinski definition) is 3. The number of anilines is 1. The summed E-state index contributed by atoms with van der Waals surface area (Å²) in [4.78, 5) is 0. The molecule has 0 amide bonds. The van der Waals surface area contributed by atoms with E-state index >= 15 is 0 Å². The molecule has 0 saturated heterocycles. The Morgan fingerprint density at radius 3 is 2.62 bits per heavy atom. The second-order valence-electron chi connectivity index (χ2n) is 8.69. The molecule has 32 heavy (non-hydrogen) atoms. The van der Waals surface area contributed by atoms with Crippen LogP contribution in [0.2, 0.25) is 0 Å². The summed E-state index contributed by atoms with van der Waals surface area (Å²) in [7, 11) is 0. The summed E-state index contributed by atoms with van der Waals surface area (Å²) in [6.45, 7) is 0.521. The summed E-state index contributed by atoms with van der Waals surface area (Å²) in [6.07, 6.45) is 5.58. The zero-order valence-corrected chi connectivity index (χ0v) is 17.7. The van der Waals surface area contributed by atoms with Gasteiger partial charge in [-0.25, -0.2) is 0 Å². The summed E-state index contributed by atoms with van der Waals surface area (Å²) < 4.78 is 6.29. The molecule has 158 valence electrons. The van der Waals surface area contributed by atoms with Crippen molar-refractivity contribution >= 4 is 16.5 Å². The highest BCUT2D eigenvalue weighted by molar-refractivity contribution is 5.89. The van der Waals surface area contributed by atoms with E-state index in [9.17, 15) is 5.11 Å². The fraction of sp³-hybridized carbons (Fsp3) is 0.172. The van der Waals surface area contributed by atoms with E-state index in [0.29, 0.717) is 24.2 Å². The van der Waals surface area contributed by atoms with E-state index in [0.717, 1.165) is 39.8 Å². The number of rotatable bonds is 4. The van der Waals surface area contributed by atoms with Crippen molar-refractivity contribution in [1.82, 2.24) is 0 Å². The van der Waals surface area contributed by atoms with E-state index in [1.54, 1.807) is 0 Å². The van der Waals surface area contributed by atoms with E-state index in [2.05, 4.69) is 53.9 Å². The minimum atomic E-state index is -0.00456. The molecule has 1 heterocycles. The number of phenolic OH excluding ortho intramolecular Hbond substituents is 1. The van der Waals surface area contributed by atoms with E-state index in [1.807, 2.05) is 48.5 Å². The van der Waals surface area contributed by atoms with Gasteiger partial charge in [0.2, 0.25) is 0 Å². The van der Waals surface area contributed by atoms with Crippen molar-refractivity contribution in [2.45, 2.75) is 25.0 Å². The van der Waals surface area contributed by atoms with Gasteiger partial charge in [-0.1, -0.05) is 84.9 Å². The zero-order valence-electron chi connectivity index (χ0n) is 17.7. The first-order chi connectivity index (χ1) is 15.8.